The van der Waals surface area contributed by atoms with Gasteiger partial charge in [-0.1, -0.05) is 6.07 Å². The molecule has 0 bridgehead atoms. The highest BCUT2D eigenvalue weighted by Gasteiger charge is 2.50. The lowest BCUT2D eigenvalue weighted by Gasteiger charge is -2.27. The number of aromatic nitrogens is 1. The Morgan fingerprint density at radius 1 is 1.22 bits per heavy atom. The first-order valence-electron chi connectivity index (χ1n) is 10.1. The van der Waals surface area contributed by atoms with Crippen LogP contribution in [-0.2, 0) is 30.9 Å². The van der Waals surface area contributed by atoms with E-state index < -0.39 is 34.3 Å². The predicted octanol–water partition coefficient (Wildman–Crippen LogP) is 1.35. The fourth-order valence-electron chi connectivity index (χ4n) is 3.56. The largest absolute Gasteiger partial charge is 0.490 e. The number of carbonyl (C=O) groups is 2. The quantitative estimate of drug-likeness (QED) is 0.428. The zero-order valence-corrected chi connectivity index (χ0v) is 20.3. The number of halogens is 6. The van der Waals surface area contributed by atoms with Crippen LogP contribution in [0.15, 0.2) is 18.3 Å². The summed E-state index contributed by atoms with van der Waals surface area (Å²) in [5.74, 6) is -4.52. The third-order valence-electron chi connectivity index (χ3n) is 5.20. The highest BCUT2D eigenvalue weighted by atomic mass is 32.2. The minimum Gasteiger partial charge on any atom is -0.481 e. The maximum atomic E-state index is 11.4. The Hall–Kier alpha value is -2.70. The van der Waals surface area contributed by atoms with Crippen LogP contribution < -0.4 is 9.46 Å². The molecule has 2 aliphatic heterocycles. The molecule has 2 aliphatic rings. The van der Waals surface area contributed by atoms with E-state index in [-0.39, 0.29) is 5.41 Å². The molecule has 0 aliphatic carbocycles. The van der Waals surface area contributed by atoms with Gasteiger partial charge >= 0.3 is 24.3 Å². The summed E-state index contributed by atoms with van der Waals surface area (Å²) in [7, 11) is -1.58. The molecule has 2 fully saturated rings. The molecular formula is C19H25F6N3O8S. The van der Waals surface area contributed by atoms with E-state index in [0.29, 0.717) is 31.6 Å². The van der Waals surface area contributed by atoms with Crippen molar-refractivity contribution in [1.82, 2.24) is 14.6 Å². The number of likely N-dealkylation sites (tertiary alicyclic amines) is 1. The second kappa shape index (κ2) is 12.7. The maximum absolute atomic E-state index is 11.4. The number of nitrogens with one attached hydrogen (secondary N) is 1. The number of hydrogen-bond donors (Lipinski definition) is 3. The summed E-state index contributed by atoms with van der Waals surface area (Å²) in [6.07, 6.45) is -7.26. The Kier molecular flexibility index (Phi) is 11.1. The molecule has 212 valence electrons. The molecule has 0 amide bonds. The van der Waals surface area contributed by atoms with Gasteiger partial charge in [-0.3, -0.25) is 4.90 Å². The molecule has 0 spiro atoms. The van der Waals surface area contributed by atoms with Gasteiger partial charge in [0.1, 0.15) is 0 Å². The van der Waals surface area contributed by atoms with E-state index in [9.17, 15) is 34.8 Å². The Balaban J connectivity index is 0.000000404. The first kappa shape index (κ1) is 32.3. The predicted molar refractivity (Wildman–Crippen MR) is 113 cm³/mol. The fourth-order valence-corrected chi connectivity index (χ4v) is 4.11. The van der Waals surface area contributed by atoms with Gasteiger partial charge in [-0.2, -0.15) is 26.3 Å². The van der Waals surface area contributed by atoms with Crippen LogP contribution >= 0.6 is 0 Å². The average molecular weight is 569 g/mol. The van der Waals surface area contributed by atoms with E-state index in [1.54, 1.807) is 13.3 Å². The van der Waals surface area contributed by atoms with Crippen molar-refractivity contribution in [2.75, 3.05) is 46.2 Å². The van der Waals surface area contributed by atoms with Crippen molar-refractivity contribution in [1.29, 1.82) is 0 Å². The van der Waals surface area contributed by atoms with E-state index in [4.69, 9.17) is 29.3 Å². The summed E-state index contributed by atoms with van der Waals surface area (Å²) < 4.78 is 99.9. The maximum Gasteiger partial charge on any atom is 0.490 e. The van der Waals surface area contributed by atoms with Gasteiger partial charge in [-0.15, -0.1) is 0 Å². The minimum atomic E-state index is -5.08. The number of ether oxygens (including phenoxy) is 2. The van der Waals surface area contributed by atoms with E-state index in [2.05, 4.69) is 14.6 Å². The molecule has 0 aromatic carbocycles. The smallest absolute Gasteiger partial charge is 0.481 e. The van der Waals surface area contributed by atoms with Crippen LogP contribution in [-0.4, -0.2) is 99.0 Å². The number of aliphatic carboxylic acids is 2. The number of rotatable bonds is 6. The van der Waals surface area contributed by atoms with Crippen LogP contribution in [0.1, 0.15) is 5.56 Å². The third kappa shape index (κ3) is 10.7. The van der Waals surface area contributed by atoms with E-state index in [1.165, 1.54) is 6.26 Å². The number of fused-ring (bicyclic) bond motifs is 1. The highest BCUT2D eigenvalue weighted by molar-refractivity contribution is 7.88. The number of nitrogens with zero attached hydrogens (tertiary/aromatic N) is 2. The number of carboxylic acid groups (broad SMARTS) is 2. The van der Waals surface area contributed by atoms with Gasteiger partial charge in [-0.05, 0) is 6.07 Å². The van der Waals surface area contributed by atoms with Crippen LogP contribution in [0.2, 0.25) is 0 Å². The van der Waals surface area contributed by atoms with Crippen molar-refractivity contribution < 1.29 is 64.0 Å². The molecule has 2 atom stereocenters. The molecular weight excluding hydrogens is 544 g/mol. The van der Waals surface area contributed by atoms with E-state index >= 15 is 0 Å². The summed E-state index contributed by atoms with van der Waals surface area (Å²) in [6, 6.07) is 3.91. The Morgan fingerprint density at radius 2 is 1.76 bits per heavy atom. The van der Waals surface area contributed by atoms with E-state index in [1.807, 2.05) is 12.1 Å². The number of sulfonamides is 1. The second-order valence-electron chi connectivity index (χ2n) is 8.11. The number of methoxy groups -OCH3 is 1. The summed E-state index contributed by atoms with van der Waals surface area (Å²) in [4.78, 5) is 24.4. The highest BCUT2D eigenvalue weighted by Crippen LogP contribution is 2.41. The van der Waals surface area contributed by atoms with Gasteiger partial charge in [0.15, 0.2) is 0 Å². The number of carboxylic acids is 2. The van der Waals surface area contributed by atoms with Gasteiger partial charge in [0.2, 0.25) is 15.9 Å². The lowest BCUT2D eigenvalue weighted by molar-refractivity contribution is -0.193. The van der Waals surface area contributed by atoms with Crippen LogP contribution in [0, 0.1) is 11.3 Å². The molecule has 18 heteroatoms. The fraction of sp³-hybridized carbons (Fsp3) is 0.632. The standard InChI is InChI=1S/C15H23N3O4S.2C2HF3O2/c1-21-14-12(4-3-5-16-14)6-18-7-13-8-22-11-15(13,10-18)9-17-23(2,19)20;2*3-2(4,5)1(6)7/h3-5,13,17H,6-11H2,1-2H3;2*(H,6,7)/t13-,15+;;/m1../s1. The Morgan fingerprint density at radius 3 is 2.22 bits per heavy atom. The Bertz CT molecular complexity index is 1010. The number of pyridine rings is 1. The van der Waals surface area contributed by atoms with Crippen LogP contribution in [0.5, 0.6) is 5.88 Å². The van der Waals surface area contributed by atoms with E-state index in [0.717, 1.165) is 25.2 Å². The lowest BCUT2D eigenvalue weighted by atomic mass is 9.81. The van der Waals surface area contributed by atoms with Crippen LogP contribution in [0.25, 0.3) is 0 Å². The van der Waals surface area contributed by atoms with Crippen molar-refractivity contribution in [3.8, 4) is 5.88 Å². The van der Waals surface area contributed by atoms with Gasteiger partial charge in [0.25, 0.3) is 0 Å². The van der Waals surface area contributed by atoms with Gasteiger partial charge in [0.05, 0.1) is 26.6 Å². The van der Waals surface area contributed by atoms with Crippen molar-refractivity contribution in [3.05, 3.63) is 23.9 Å². The molecule has 0 radical (unpaired) electrons. The topological polar surface area (TPSA) is 155 Å². The molecule has 1 aromatic heterocycles. The van der Waals surface area contributed by atoms with Crippen molar-refractivity contribution in [3.63, 3.8) is 0 Å². The zero-order valence-electron chi connectivity index (χ0n) is 19.5. The molecule has 37 heavy (non-hydrogen) atoms. The second-order valence-corrected chi connectivity index (χ2v) is 9.95. The van der Waals surface area contributed by atoms with Crippen LogP contribution in [0.3, 0.4) is 0 Å². The zero-order chi connectivity index (χ0) is 28.7. The van der Waals surface area contributed by atoms with Gasteiger partial charge in [0, 0.05) is 49.3 Å². The molecule has 3 rings (SSSR count). The van der Waals surface area contributed by atoms with Crippen molar-refractivity contribution in [2.45, 2.75) is 18.9 Å². The number of alkyl halides is 6. The monoisotopic (exact) mass is 569 g/mol. The van der Waals surface area contributed by atoms with Crippen LogP contribution in [0.4, 0.5) is 26.3 Å². The normalized spacial score (nSPS) is 21.7. The molecule has 2 saturated heterocycles. The molecule has 3 N–H and O–H groups in total. The molecule has 0 unspecified atom stereocenters. The third-order valence-corrected chi connectivity index (χ3v) is 5.87. The Labute approximate surface area is 207 Å². The average Bonchev–Trinajstić information content (AvgIpc) is 3.29. The SMILES string of the molecule is COc1ncccc1CN1C[C@@H]2COC[C@]2(CNS(C)(=O)=O)C1.O=C(O)C(F)(F)F.O=C(O)C(F)(F)F. The molecule has 3 heterocycles. The lowest BCUT2D eigenvalue weighted by Crippen LogP contribution is -2.42. The minimum absolute atomic E-state index is 0.140. The van der Waals surface area contributed by atoms with Gasteiger partial charge in [-0.25, -0.2) is 27.7 Å². The number of hydrogen-bond acceptors (Lipinski definition) is 8. The molecule has 0 saturated carbocycles. The summed E-state index contributed by atoms with van der Waals surface area (Å²) in [6.45, 7) is 4.15. The first-order chi connectivity index (χ1) is 16.8. The molecule has 1 aromatic rings. The first-order valence-corrected chi connectivity index (χ1v) is 12.0. The van der Waals surface area contributed by atoms with Crippen molar-refractivity contribution in [2.24, 2.45) is 11.3 Å². The summed E-state index contributed by atoms with van der Waals surface area (Å²) in [5, 5.41) is 14.2. The van der Waals surface area contributed by atoms with Crippen molar-refractivity contribution >= 4 is 22.0 Å². The van der Waals surface area contributed by atoms with Gasteiger partial charge < -0.3 is 19.7 Å². The molecule has 11 nitrogen and oxygen atoms in total. The summed E-state index contributed by atoms with van der Waals surface area (Å²) >= 11 is 0. The summed E-state index contributed by atoms with van der Waals surface area (Å²) in [5.41, 5.74) is 0.903.